The zero-order valence-corrected chi connectivity index (χ0v) is 19.5. The molecule has 3 aromatic rings. The molecule has 0 atom stereocenters. The Kier molecular flexibility index (Phi) is 3.89. The maximum absolute atomic E-state index is 13.3. The van der Waals surface area contributed by atoms with Crippen molar-refractivity contribution in [2.45, 2.75) is 18.4 Å². The van der Waals surface area contributed by atoms with Crippen LogP contribution in [0.25, 0.3) is 0 Å². The summed E-state index contributed by atoms with van der Waals surface area (Å²) < 4.78 is 1.62. The summed E-state index contributed by atoms with van der Waals surface area (Å²) >= 11 is 6.25. The lowest BCUT2D eigenvalue weighted by molar-refractivity contribution is -0.0112. The zero-order valence-electron chi connectivity index (χ0n) is 18.7. The molecule has 2 amide bonds. The molecule has 5 heterocycles. The van der Waals surface area contributed by atoms with Crippen molar-refractivity contribution in [2.24, 2.45) is 12.5 Å². The van der Waals surface area contributed by atoms with Crippen LogP contribution in [0, 0.1) is 5.41 Å². The number of likely N-dealkylation sites (tertiary alicyclic amines) is 1. The van der Waals surface area contributed by atoms with Gasteiger partial charge in [0, 0.05) is 55.4 Å². The van der Waals surface area contributed by atoms with Crippen molar-refractivity contribution in [2.75, 3.05) is 36.0 Å². The highest BCUT2D eigenvalue weighted by Gasteiger charge is 2.59. The second-order valence-corrected chi connectivity index (χ2v) is 10.6. The lowest BCUT2D eigenvalue weighted by Crippen LogP contribution is -2.73. The van der Waals surface area contributed by atoms with Gasteiger partial charge in [-0.25, -0.2) is 0 Å². The van der Waals surface area contributed by atoms with Gasteiger partial charge in [-0.2, -0.15) is 5.10 Å². The van der Waals surface area contributed by atoms with Gasteiger partial charge in [0.1, 0.15) is 5.69 Å². The number of aryl methyl sites for hydroxylation is 1. The zero-order chi connectivity index (χ0) is 23.2. The summed E-state index contributed by atoms with van der Waals surface area (Å²) in [4.78, 5) is 36.6. The van der Waals surface area contributed by atoms with Crippen LogP contribution in [0.15, 0.2) is 48.9 Å². The largest absolute Gasteiger partial charge is 0.369 e. The monoisotopic (exact) mass is 474 g/mol. The van der Waals surface area contributed by atoms with Crippen molar-refractivity contribution >= 4 is 34.8 Å². The maximum atomic E-state index is 13.3. The van der Waals surface area contributed by atoms with Crippen LogP contribution in [0.5, 0.6) is 0 Å². The van der Waals surface area contributed by atoms with Crippen molar-refractivity contribution in [1.82, 2.24) is 19.7 Å². The fourth-order valence-corrected chi connectivity index (χ4v) is 6.18. The Labute approximate surface area is 201 Å². The number of carbonyl (C=O) groups is 2. The Hall–Kier alpha value is -3.39. The number of halogens is 1. The Balaban J connectivity index is 1.07. The molecule has 7 rings (SSSR count). The van der Waals surface area contributed by atoms with Crippen LogP contribution in [-0.2, 0) is 12.6 Å². The standard InChI is InChI=1S/C25H23ClN6O2/c1-29-21(4-7-28-29)23(34)31-14-24(15-31)12-30(13-24)17-9-18(11-27-10-17)32-22(33)19-3-2-16(26)8-20(19)25(32)5-6-25/h2-4,7-11H,5-6,12-15H2,1H3. The molecule has 0 unspecified atom stereocenters. The highest BCUT2D eigenvalue weighted by Crippen LogP contribution is 2.58. The number of rotatable bonds is 3. The molecule has 8 nitrogen and oxygen atoms in total. The third kappa shape index (κ3) is 2.66. The van der Waals surface area contributed by atoms with Crippen molar-refractivity contribution in [3.05, 3.63) is 70.8 Å². The van der Waals surface area contributed by atoms with Gasteiger partial charge in [-0.1, -0.05) is 11.6 Å². The van der Waals surface area contributed by atoms with Crippen LogP contribution in [-0.4, -0.2) is 57.7 Å². The first kappa shape index (κ1) is 20.0. The molecule has 1 saturated carbocycles. The Morgan fingerprint density at radius 2 is 1.79 bits per heavy atom. The number of aromatic nitrogens is 3. The molecule has 2 spiro atoms. The normalized spacial score (nSPS) is 21.0. The molecule has 172 valence electrons. The number of hydrogen-bond acceptors (Lipinski definition) is 5. The molecule has 1 aliphatic carbocycles. The van der Waals surface area contributed by atoms with Crippen LogP contribution < -0.4 is 9.80 Å². The Bertz CT molecular complexity index is 1370. The molecule has 3 aliphatic heterocycles. The van der Waals surface area contributed by atoms with Crippen molar-refractivity contribution in [3.8, 4) is 0 Å². The summed E-state index contributed by atoms with van der Waals surface area (Å²) in [6, 6.07) is 9.39. The summed E-state index contributed by atoms with van der Waals surface area (Å²) in [5.74, 6) is 0.0567. The molecule has 0 radical (unpaired) electrons. The summed E-state index contributed by atoms with van der Waals surface area (Å²) in [6.45, 7) is 3.26. The highest BCUT2D eigenvalue weighted by atomic mass is 35.5. The number of hydrogen-bond donors (Lipinski definition) is 0. The molecule has 34 heavy (non-hydrogen) atoms. The van der Waals surface area contributed by atoms with Gasteiger partial charge >= 0.3 is 0 Å². The van der Waals surface area contributed by atoms with E-state index in [1.807, 2.05) is 28.1 Å². The molecule has 2 saturated heterocycles. The summed E-state index contributed by atoms with van der Waals surface area (Å²) in [6.07, 6.45) is 7.16. The fourth-order valence-electron chi connectivity index (χ4n) is 6.01. The van der Waals surface area contributed by atoms with Crippen molar-refractivity contribution in [3.63, 3.8) is 0 Å². The van der Waals surface area contributed by atoms with Crippen LogP contribution in [0.1, 0.15) is 39.3 Å². The third-order valence-corrected chi connectivity index (χ3v) is 8.07. The molecule has 0 N–H and O–H groups in total. The minimum Gasteiger partial charge on any atom is -0.369 e. The number of anilines is 2. The van der Waals surface area contributed by atoms with E-state index in [2.05, 4.69) is 21.0 Å². The second kappa shape index (κ2) is 6.60. The lowest BCUT2D eigenvalue weighted by Gasteiger charge is -2.60. The fraction of sp³-hybridized carbons (Fsp3) is 0.360. The minimum atomic E-state index is -0.283. The molecule has 9 heteroatoms. The molecule has 3 fully saturated rings. The lowest BCUT2D eigenvalue weighted by atomic mass is 9.72. The van der Waals surface area contributed by atoms with E-state index in [0.717, 1.165) is 61.5 Å². The third-order valence-electron chi connectivity index (χ3n) is 7.83. The van der Waals surface area contributed by atoms with E-state index >= 15 is 0 Å². The quantitative estimate of drug-likeness (QED) is 0.583. The summed E-state index contributed by atoms with van der Waals surface area (Å²) in [7, 11) is 1.79. The molecular formula is C25H23ClN6O2. The summed E-state index contributed by atoms with van der Waals surface area (Å²) in [5.41, 5.74) is 4.09. The van der Waals surface area contributed by atoms with Gasteiger partial charge in [-0.15, -0.1) is 0 Å². The molecule has 1 aromatic carbocycles. The van der Waals surface area contributed by atoms with E-state index in [9.17, 15) is 9.59 Å². The predicted molar refractivity (Wildman–Crippen MR) is 127 cm³/mol. The molecular weight excluding hydrogens is 452 g/mol. The van der Waals surface area contributed by atoms with Crippen LogP contribution in [0.2, 0.25) is 5.02 Å². The number of fused-ring (bicyclic) bond motifs is 2. The number of pyridine rings is 1. The average molecular weight is 475 g/mol. The van der Waals surface area contributed by atoms with Gasteiger partial charge in [0.2, 0.25) is 0 Å². The molecule has 2 aromatic heterocycles. The average Bonchev–Trinajstić information content (AvgIpc) is 3.38. The van der Waals surface area contributed by atoms with E-state index in [4.69, 9.17) is 11.6 Å². The van der Waals surface area contributed by atoms with Crippen LogP contribution in [0.3, 0.4) is 0 Å². The van der Waals surface area contributed by atoms with Crippen molar-refractivity contribution in [1.29, 1.82) is 0 Å². The Morgan fingerprint density at radius 3 is 2.50 bits per heavy atom. The maximum Gasteiger partial charge on any atom is 0.272 e. The topological polar surface area (TPSA) is 74.6 Å². The molecule has 0 bridgehead atoms. The van der Waals surface area contributed by atoms with E-state index in [1.165, 1.54) is 0 Å². The smallest absolute Gasteiger partial charge is 0.272 e. The predicted octanol–water partition coefficient (Wildman–Crippen LogP) is 3.08. The number of nitrogens with zero attached hydrogens (tertiary/aromatic N) is 6. The summed E-state index contributed by atoms with van der Waals surface area (Å²) in [5, 5.41) is 4.76. The van der Waals surface area contributed by atoms with Crippen molar-refractivity contribution < 1.29 is 9.59 Å². The van der Waals surface area contributed by atoms with Gasteiger partial charge in [-0.3, -0.25) is 24.2 Å². The van der Waals surface area contributed by atoms with E-state index in [1.54, 1.807) is 36.3 Å². The van der Waals surface area contributed by atoms with E-state index in [0.29, 0.717) is 10.7 Å². The van der Waals surface area contributed by atoms with Gasteiger partial charge < -0.3 is 9.80 Å². The van der Waals surface area contributed by atoms with Gasteiger partial charge in [-0.05, 0) is 48.7 Å². The second-order valence-electron chi connectivity index (χ2n) is 10.1. The van der Waals surface area contributed by atoms with Crippen LogP contribution in [0.4, 0.5) is 11.4 Å². The van der Waals surface area contributed by atoms with Gasteiger partial charge in [0.05, 0.1) is 29.3 Å². The van der Waals surface area contributed by atoms with Gasteiger partial charge in [0.15, 0.2) is 0 Å². The number of benzene rings is 1. The van der Waals surface area contributed by atoms with E-state index in [-0.39, 0.29) is 22.8 Å². The minimum absolute atomic E-state index is 0.0199. The highest BCUT2D eigenvalue weighted by molar-refractivity contribution is 6.31. The Morgan fingerprint density at radius 1 is 1.03 bits per heavy atom. The number of amides is 2. The van der Waals surface area contributed by atoms with E-state index < -0.39 is 0 Å². The van der Waals surface area contributed by atoms with Gasteiger partial charge in [0.25, 0.3) is 11.8 Å². The number of carbonyl (C=O) groups excluding carboxylic acids is 2. The first-order chi connectivity index (χ1) is 16.4. The van der Waals surface area contributed by atoms with Crippen LogP contribution >= 0.6 is 11.6 Å². The first-order valence-electron chi connectivity index (χ1n) is 11.5. The molecule has 4 aliphatic rings. The SMILES string of the molecule is Cn1nccc1C(=O)N1CC2(C1)CN(c1cncc(N3C(=O)c4ccc(Cl)cc4C34CC4)c1)C2. The first-order valence-corrected chi connectivity index (χ1v) is 11.9.